The van der Waals surface area contributed by atoms with Crippen LogP contribution in [0.3, 0.4) is 0 Å². The highest BCUT2D eigenvalue weighted by molar-refractivity contribution is 6.31. The van der Waals surface area contributed by atoms with Crippen molar-refractivity contribution in [3.63, 3.8) is 0 Å². The molecule has 1 heterocycles. The van der Waals surface area contributed by atoms with Crippen molar-refractivity contribution < 1.29 is 9.72 Å². The number of non-ortho nitro benzene ring substituents is 1. The highest BCUT2D eigenvalue weighted by Crippen LogP contribution is 2.24. The fourth-order valence-corrected chi connectivity index (χ4v) is 2.98. The van der Waals surface area contributed by atoms with E-state index in [2.05, 4.69) is 0 Å². The number of nitrogens with zero attached hydrogens (tertiary/aromatic N) is 2. The third-order valence-electron chi connectivity index (χ3n) is 4.23. The second-order valence-corrected chi connectivity index (χ2v) is 6.19. The molecule has 2 N–H and O–H groups in total. The molecule has 128 valence electrons. The number of piperidine rings is 1. The number of halogens is 2. The number of carbonyl (C=O) groups excluding carboxylic acids is 1. The summed E-state index contributed by atoms with van der Waals surface area (Å²) in [6.07, 6.45) is 1.99. The lowest BCUT2D eigenvalue weighted by molar-refractivity contribution is -0.384. The molecule has 0 saturated carbocycles. The molecule has 1 aliphatic heterocycles. The summed E-state index contributed by atoms with van der Waals surface area (Å²) in [7, 11) is 0. The molecule has 0 bridgehead atoms. The fourth-order valence-electron chi connectivity index (χ4n) is 2.74. The van der Waals surface area contributed by atoms with Gasteiger partial charge in [0.1, 0.15) is 0 Å². The second-order valence-electron chi connectivity index (χ2n) is 5.79. The first kappa shape index (κ1) is 19.7. The van der Waals surface area contributed by atoms with E-state index in [1.807, 2.05) is 11.8 Å². The number of rotatable bonds is 4. The van der Waals surface area contributed by atoms with Crippen molar-refractivity contribution in [2.45, 2.75) is 32.2 Å². The third-order valence-corrected chi connectivity index (χ3v) is 4.58. The van der Waals surface area contributed by atoms with Gasteiger partial charge in [-0.25, -0.2) is 0 Å². The summed E-state index contributed by atoms with van der Waals surface area (Å²) in [6.45, 7) is 3.41. The quantitative estimate of drug-likeness (QED) is 0.659. The van der Waals surface area contributed by atoms with Gasteiger partial charge in [0.05, 0.1) is 16.4 Å². The lowest BCUT2D eigenvalue weighted by Gasteiger charge is -2.33. The molecule has 1 fully saturated rings. The molecular weight excluding hydrogens is 341 g/mol. The number of hydrogen-bond donors (Lipinski definition) is 1. The van der Waals surface area contributed by atoms with E-state index in [1.54, 1.807) is 6.07 Å². The molecule has 8 heteroatoms. The molecule has 1 aliphatic rings. The van der Waals surface area contributed by atoms with Crippen LogP contribution in [-0.4, -0.2) is 34.9 Å². The first-order valence-corrected chi connectivity index (χ1v) is 7.72. The van der Waals surface area contributed by atoms with Gasteiger partial charge in [0.25, 0.3) is 5.69 Å². The highest BCUT2D eigenvalue weighted by Gasteiger charge is 2.25. The van der Waals surface area contributed by atoms with Crippen LogP contribution in [0.1, 0.15) is 25.3 Å². The lowest BCUT2D eigenvalue weighted by atomic mass is 9.91. The Morgan fingerprint density at radius 1 is 1.48 bits per heavy atom. The molecule has 6 nitrogen and oxygen atoms in total. The first-order chi connectivity index (χ1) is 10.4. The van der Waals surface area contributed by atoms with E-state index >= 15 is 0 Å². The van der Waals surface area contributed by atoms with E-state index in [4.69, 9.17) is 17.3 Å². The molecule has 1 amide bonds. The number of carbonyl (C=O) groups is 1. The van der Waals surface area contributed by atoms with Gasteiger partial charge in [0.15, 0.2) is 0 Å². The predicted molar refractivity (Wildman–Crippen MR) is 92.0 cm³/mol. The minimum atomic E-state index is -0.504. The molecule has 0 spiro atoms. The average Bonchev–Trinajstić information content (AvgIpc) is 2.49. The molecule has 1 unspecified atom stereocenters. The van der Waals surface area contributed by atoms with Gasteiger partial charge in [-0.05, 0) is 31.2 Å². The van der Waals surface area contributed by atoms with Crippen LogP contribution in [-0.2, 0) is 11.2 Å². The Morgan fingerprint density at radius 3 is 2.57 bits per heavy atom. The SMILES string of the molecule is CC(N)C1CCN(C(=O)Cc2ccc([N+](=O)[O-])cc2Cl)CC1.Cl. The first-order valence-electron chi connectivity index (χ1n) is 7.34. The maximum atomic E-state index is 12.3. The fraction of sp³-hybridized carbons (Fsp3) is 0.533. The average molecular weight is 362 g/mol. The van der Waals surface area contributed by atoms with Crippen LogP contribution in [0.2, 0.25) is 5.02 Å². The molecule has 2 rings (SSSR count). The summed E-state index contributed by atoms with van der Waals surface area (Å²) in [6, 6.07) is 4.36. The summed E-state index contributed by atoms with van der Waals surface area (Å²) in [5, 5.41) is 10.9. The molecule has 0 radical (unpaired) electrons. The largest absolute Gasteiger partial charge is 0.342 e. The molecule has 1 atom stereocenters. The topological polar surface area (TPSA) is 89.5 Å². The Balaban J connectivity index is 0.00000264. The van der Waals surface area contributed by atoms with Crippen molar-refractivity contribution in [3.05, 3.63) is 38.9 Å². The van der Waals surface area contributed by atoms with Crippen molar-refractivity contribution in [2.75, 3.05) is 13.1 Å². The standard InChI is InChI=1S/C15H20ClN3O3.ClH/c1-10(17)11-4-6-18(7-5-11)15(20)8-12-2-3-13(19(21)22)9-14(12)16;/h2-3,9-11H,4-8,17H2,1H3;1H. The molecular formula is C15H21Cl2N3O3. The van der Waals surface area contributed by atoms with Gasteiger partial charge in [-0.3, -0.25) is 14.9 Å². The van der Waals surface area contributed by atoms with Crippen LogP contribution in [0.5, 0.6) is 0 Å². The van der Waals surface area contributed by atoms with Crippen molar-refractivity contribution in [2.24, 2.45) is 11.7 Å². The maximum Gasteiger partial charge on any atom is 0.270 e. The van der Waals surface area contributed by atoms with Crippen molar-refractivity contribution in [1.29, 1.82) is 0 Å². The van der Waals surface area contributed by atoms with Crippen molar-refractivity contribution in [3.8, 4) is 0 Å². The van der Waals surface area contributed by atoms with E-state index < -0.39 is 4.92 Å². The van der Waals surface area contributed by atoms with E-state index in [1.165, 1.54) is 12.1 Å². The van der Waals surface area contributed by atoms with Crippen molar-refractivity contribution in [1.82, 2.24) is 4.90 Å². The lowest BCUT2D eigenvalue weighted by Crippen LogP contribution is -2.43. The molecule has 1 aromatic carbocycles. The molecule has 0 aromatic heterocycles. The maximum absolute atomic E-state index is 12.3. The number of nitro groups is 1. The summed E-state index contributed by atoms with van der Waals surface area (Å²) in [5.41, 5.74) is 6.44. The van der Waals surface area contributed by atoms with Crippen LogP contribution >= 0.6 is 24.0 Å². The smallest absolute Gasteiger partial charge is 0.270 e. The molecule has 1 aromatic rings. The van der Waals surface area contributed by atoms with Crippen LogP contribution < -0.4 is 5.73 Å². The zero-order valence-electron chi connectivity index (χ0n) is 12.9. The number of benzene rings is 1. The zero-order chi connectivity index (χ0) is 16.3. The van der Waals surface area contributed by atoms with Crippen LogP contribution in [0.4, 0.5) is 5.69 Å². The minimum absolute atomic E-state index is 0. The van der Waals surface area contributed by atoms with Gasteiger partial charge in [-0.2, -0.15) is 0 Å². The number of nitro benzene ring substituents is 1. The molecule has 0 aliphatic carbocycles. The van der Waals surface area contributed by atoms with Gasteiger partial charge in [0, 0.05) is 31.3 Å². The third kappa shape index (κ3) is 5.06. The number of amides is 1. The van der Waals surface area contributed by atoms with E-state index in [9.17, 15) is 14.9 Å². The molecule has 23 heavy (non-hydrogen) atoms. The Kier molecular flexibility index (Phi) is 7.25. The Morgan fingerprint density at radius 2 is 2.09 bits per heavy atom. The highest BCUT2D eigenvalue weighted by atomic mass is 35.5. The van der Waals surface area contributed by atoms with E-state index in [0.29, 0.717) is 24.6 Å². The number of likely N-dealkylation sites (tertiary alicyclic amines) is 1. The minimum Gasteiger partial charge on any atom is -0.342 e. The van der Waals surface area contributed by atoms with Gasteiger partial charge in [-0.1, -0.05) is 17.7 Å². The predicted octanol–water partition coefficient (Wildman–Crippen LogP) is 2.80. The van der Waals surface area contributed by atoms with Gasteiger partial charge < -0.3 is 10.6 Å². The van der Waals surface area contributed by atoms with Crippen LogP contribution in [0, 0.1) is 16.0 Å². The monoisotopic (exact) mass is 361 g/mol. The Hall–Kier alpha value is -1.37. The van der Waals surface area contributed by atoms with Gasteiger partial charge in [0.2, 0.25) is 5.91 Å². The summed E-state index contributed by atoms with van der Waals surface area (Å²) in [5.74, 6) is 0.464. The normalized spacial score (nSPS) is 16.6. The summed E-state index contributed by atoms with van der Waals surface area (Å²) < 4.78 is 0. The van der Waals surface area contributed by atoms with Crippen LogP contribution in [0.15, 0.2) is 18.2 Å². The second kappa shape index (κ2) is 8.47. The number of nitrogens with two attached hydrogens (primary N) is 1. The summed E-state index contributed by atoms with van der Waals surface area (Å²) >= 11 is 6.03. The van der Waals surface area contributed by atoms with Gasteiger partial charge in [-0.15, -0.1) is 12.4 Å². The zero-order valence-corrected chi connectivity index (χ0v) is 14.5. The summed E-state index contributed by atoms with van der Waals surface area (Å²) in [4.78, 5) is 24.3. The Labute approximate surface area is 146 Å². The molecule has 1 saturated heterocycles. The van der Waals surface area contributed by atoms with Crippen LogP contribution in [0.25, 0.3) is 0 Å². The number of hydrogen-bond acceptors (Lipinski definition) is 4. The van der Waals surface area contributed by atoms with Crippen molar-refractivity contribution >= 4 is 35.6 Å². The van der Waals surface area contributed by atoms with E-state index in [0.717, 1.165) is 12.8 Å². The van der Waals surface area contributed by atoms with Gasteiger partial charge >= 0.3 is 0 Å². The van der Waals surface area contributed by atoms with E-state index in [-0.39, 0.29) is 41.5 Å². The Bertz CT molecular complexity index is 573.